The second-order valence-electron chi connectivity index (χ2n) is 5.32. The maximum atomic E-state index is 12.4. The molecule has 0 bridgehead atoms. The molecular weight excluding hydrogens is 254 g/mol. The Balaban J connectivity index is 2.01. The number of nitrogens with zero attached hydrogens (tertiary/aromatic N) is 4. The summed E-state index contributed by atoms with van der Waals surface area (Å²) < 4.78 is 1.88. The van der Waals surface area contributed by atoms with Crippen LogP contribution in [0.4, 0.5) is 0 Å². The lowest BCUT2D eigenvalue weighted by Gasteiger charge is -2.23. The van der Waals surface area contributed by atoms with E-state index in [0.29, 0.717) is 19.4 Å². The number of amides is 1. The molecule has 20 heavy (non-hydrogen) atoms. The predicted octanol–water partition coefficient (Wildman–Crippen LogP) is 1.78. The molecule has 1 aliphatic rings. The molecule has 6 nitrogen and oxygen atoms in total. The van der Waals surface area contributed by atoms with Crippen LogP contribution in [0.5, 0.6) is 0 Å². The summed E-state index contributed by atoms with van der Waals surface area (Å²) in [6.45, 7) is 3.09. The van der Waals surface area contributed by atoms with Crippen LogP contribution in [-0.4, -0.2) is 20.7 Å². The van der Waals surface area contributed by atoms with Crippen molar-refractivity contribution in [3.05, 3.63) is 12.2 Å². The number of nitriles is 1. The van der Waals surface area contributed by atoms with E-state index in [1.165, 1.54) is 0 Å². The summed E-state index contributed by atoms with van der Waals surface area (Å²) in [5.74, 6) is 0.565. The summed E-state index contributed by atoms with van der Waals surface area (Å²) in [4.78, 5) is 12.4. The first-order chi connectivity index (χ1) is 9.72. The zero-order valence-corrected chi connectivity index (χ0v) is 11.9. The zero-order chi connectivity index (χ0) is 14.4. The molecule has 1 aromatic rings. The van der Waals surface area contributed by atoms with Crippen LogP contribution in [0.3, 0.4) is 0 Å². The van der Waals surface area contributed by atoms with Crippen LogP contribution in [0.1, 0.15) is 51.3 Å². The normalized spacial score (nSPS) is 18.0. The average molecular weight is 275 g/mol. The van der Waals surface area contributed by atoms with Crippen molar-refractivity contribution in [3.8, 4) is 6.07 Å². The molecule has 1 aliphatic carbocycles. The third-order valence-electron chi connectivity index (χ3n) is 4.05. The Hall–Kier alpha value is -1.90. The van der Waals surface area contributed by atoms with Gasteiger partial charge < -0.3 is 9.88 Å². The van der Waals surface area contributed by atoms with Crippen LogP contribution in [0.2, 0.25) is 0 Å². The molecule has 1 heterocycles. The number of aromatic nitrogens is 3. The second-order valence-corrected chi connectivity index (χ2v) is 5.32. The Morgan fingerprint density at radius 1 is 1.45 bits per heavy atom. The van der Waals surface area contributed by atoms with E-state index in [1.807, 2.05) is 11.5 Å². The molecular formula is C14H21N5O. The average Bonchev–Trinajstić information content (AvgIpc) is 2.79. The Kier molecular flexibility index (Phi) is 4.72. The van der Waals surface area contributed by atoms with Gasteiger partial charge in [-0.2, -0.15) is 5.26 Å². The van der Waals surface area contributed by atoms with Gasteiger partial charge in [0.25, 0.3) is 0 Å². The van der Waals surface area contributed by atoms with Crippen molar-refractivity contribution in [3.63, 3.8) is 0 Å². The molecule has 0 aromatic carbocycles. The summed E-state index contributed by atoms with van der Waals surface area (Å²) in [6, 6.07) is 2.26. The second kappa shape index (κ2) is 6.51. The minimum Gasteiger partial charge on any atom is -0.347 e. The van der Waals surface area contributed by atoms with E-state index in [1.54, 1.807) is 6.33 Å². The highest BCUT2D eigenvalue weighted by Crippen LogP contribution is 2.34. The summed E-state index contributed by atoms with van der Waals surface area (Å²) in [5.41, 5.74) is -0.854. The van der Waals surface area contributed by atoms with Crippen molar-refractivity contribution in [1.82, 2.24) is 20.1 Å². The molecule has 0 radical (unpaired) electrons. The number of hydrogen-bond donors (Lipinski definition) is 1. The van der Waals surface area contributed by atoms with Crippen LogP contribution in [0.15, 0.2) is 6.33 Å². The molecule has 1 fully saturated rings. The first kappa shape index (κ1) is 14.5. The Bertz CT molecular complexity index is 494. The molecule has 0 aliphatic heterocycles. The van der Waals surface area contributed by atoms with Crippen LogP contribution in [-0.2, 0) is 17.9 Å². The lowest BCUT2D eigenvalue weighted by Crippen LogP contribution is -2.40. The Labute approximate surface area is 119 Å². The van der Waals surface area contributed by atoms with Crippen molar-refractivity contribution < 1.29 is 4.79 Å². The van der Waals surface area contributed by atoms with Crippen molar-refractivity contribution in [2.45, 2.75) is 58.5 Å². The van der Waals surface area contributed by atoms with Gasteiger partial charge in [-0.15, -0.1) is 10.2 Å². The summed E-state index contributed by atoms with van der Waals surface area (Å²) >= 11 is 0. The molecule has 1 amide bonds. The lowest BCUT2D eigenvalue weighted by atomic mass is 9.81. The Morgan fingerprint density at radius 2 is 2.15 bits per heavy atom. The molecule has 0 unspecified atom stereocenters. The fourth-order valence-electron chi connectivity index (χ4n) is 2.73. The monoisotopic (exact) mass is 275 g/mol. The van der Waals surface area contributed by atoms with Crippen molar-refractivity contribution in [2.75, 3.05) is 0 Å². The van der Waals surface area contributed by atoms with Gasteiger partial charge in [-0.25, -0.2) is 0 Å². The van der Waals surface area contributed by atoms with Crippen molar-refractivity contribution in [1.29, 1.82) is 5.26 Å². The molecule has 0 atom stereocenters. The maximum Gasteiger partial charge on any atom is 0.240 e. The number of nitrogens with one attached hydrogen (secondary N) is 1. The molecule has 2 rings (SSSR count). The van der Waals surface area contributed by atoms with E-state index >= 15 is 0 Å². The topological polar surface area (TPSA) is 83.6 Å². The maximum absolute atomic E-state index is 12.4. The fourth-order valence-corrected chi connectivity index (χ4v) is 2.73. The number of carbonyl (C=O) groups is 1. The van der Waals surface area contributed by atoms with E-state index in [2.05, 4.69) is 21.6 Å². The minimum absolute atomic E-state index is 0.160. The highest BCUT2D eigenvalue weighted by Gasteiger charge is 2.38. The first-order valence-electron chi connectivity index (χ1n) is 7.28. The van der Waals surface area contributed by atoms with Crippen LogP contribution < -0.4 is 5.32 Å². The summed E-state index contributed by atoms with van der Waals surface area (Å²) in [5, 5.41) is 20.1. The van der Waals surface area contributed by atoms with E-state index in [4.69, 9.17) is 0 Å². The standard InChI is InChI=1S/C14H21N5O/c1-2-19-11-17-18-12(19)9-16-13(20)14(10-15)7-5-3-4-6-8-14/h11H,2-9H2,1H3,(H,16,20). The zero-order valence-electron chi connectivity index (χ0n) is 11.9. The van der Waals surface area contributed by atoms with Gasteiger partial charge in [-0.3, -0.25) is 4.79 Å². The molecule has 1 aromatic heterocycles. The van der Waals surface area contributed by atoms with Gasteiger partial charge >= 0.3 is 0 Å². The van der Waals surface area contributed by atoms with Gasteiger partial charge in [0, 0.05) is 6.54 Å². The molecule has 1 N–H and O–H groups in total. The van der Waals surface area contributed by atoms with Crippen LogP contribution in [0, 0.1) is 16.7 Å². The summed E-state index contributed by atoms with van der Waals surface area (Å²) in [6.07, 6.45) is 7.10. The van der Waals surface area contributed by atoms with E-state index in [9.17, 15) is 10.1 Å². The van der Waals surface area contributed by atoms with Crippen LogP contribution >= 0.6 is 0 Å². The lowest BCUT2D eigenvalue weighted by molar-refractivity contribution is -0.129. The van der Waals surface area contributed by atoms with Gasteiger partial charge in [0.2, 0.25) is 5.91 Å². The Morgan fingerprint density at radius 3 is 2.75 bits per heavy atom. The molecule has 108 valence electrons. The molecule has 1 saturated carbocycles. The van der Waals surface area contributed by atoms with Gasteiger partial charge in [0.15, 0.2) is 5.82 Å². The fraction of sp³-hybridized carbons (Fsp3) is 0.714. The third kappa shape index (κ3) is 2.98. The van der Waals surface area contributed by atoms with E-state index in [0.717, 1.165) is 38.1 Å². The number of carbonyl (C=O) groups excluding carboxylic acids is 1. The minimum atomic E-state index is -0.854. The number of hydrogen-bond acceptors (Lipinski definition) is 4. The predicted molar refractivity (Wildman–Crippen MR) is 73.3 cm³/mol. The van der Waals surface area contributed by atoms with E-state index < -0.39 is 5.41 Å². The van der Waals surface area contributed by atoms with Gasteiger partial charge in [-0.1, -0.05) is 25.7 Å². The summed E-state index contributed by atoms with van der Waals surface area (Å²) in [7, 11) is 0. The van der Waals surface area contributed by atoms with Crippen LogP contribution in [0.25, 0.3) is 0 Å². The molecule has 6 heteroatoms. The van der Waals surface area contributed by atoms with Gasteiger partial charge in [0.1, 0.15) is 11.7 Å². The SMILES string of the molecule is CCn1cnnc1CNC(=O)C1(C#N)CCCCCC1. The highest BCUT2D eigenvalue weighted by atomic mass is 16.2. The number of aryl methyl sites for hydroxylation is 1. The molecule has 0 spiro atoms. The third-order valence-corrected chi connectivity index (χ3v) is 4.05. The quantitative estimate of drug-likeness (QED) is 0.849. The van der Waals surface area contributed by atoms with Gasteiger partial charge in [-0.05, 0) is 19.8 Å². The largest absolute Gasteiger partial charge is 0.347 e. The van der Waals surface area contributed by atoms with Crippen molar-refractivity contribution in [2.24, 2.45) is 5.41 Å². The van der Waals surface area contributed by atoms with Crippen molar-refractivity contribution >= 4 is 5.91 Å². The van der Waals surface area contributed by atoms with E-state index in [-0.39, 0.29) is 5.91 Å². The van der Waals surface area contributed by atoms with Gasteiger partial charge in [0.05, 0.1) is 12.6 Å². The smallest absolute Gasteiger partial charge is 0.240 e. The number of rotatable bonds is 4. The first-order valence-corrected chi connectivity index (χ1v) is 7.28. The highest BCUT2D eigenvalue weighted by molar-refractivity contribution is 5.85. The molecule has 0 saturated heterocycles.